The summed E-state index contributed by atoms with van der Waals surface area (Å²) in [5.74, 6) is -2.10. The van der Waals surface area contributed by atoms with E-state index in [2.05, 4.69) is 15.9 Å². The monoisotopic (exact) mass is 550 g/mol. The molecule has 0 amide bonds. The fraction of sp³-hybridized carbons (Fsp3) is 0.600. The van der Waals surface area contributed by atoms with Crippen LogP contribution >= 0.6 is 15.9 Å². The largest absolute Gasteiger partial charge is 0.461 e. The van der Waals surface area contributed by atoms with E-state index in [0.717, 1.165) is 0 Å². The molecule has 9 nitrogen and oxygen atoms in total. The van der Waals surface area contributed by atoms with E-state index >= 15 is 0 Å². The van der Waals surface area contributed by atoms with Crippen molar-refractivity contribution in [2.75, 3.05) is 13.7 Å². The van der Waals surface area contributed by atoms with Gasteiger partial charge in [0.05, 0.1) is 16.8 Å². The molecule has 0 spiro atoms. The third kappa shape index (κ3) is 3.21. The zero-order valence-corrected chi connectivity index (χ0v) is 21.7. The van der Waals surface area contributed by atoms with Crippen LogP contribution in [0.15, 0.2) is 21.8 Å². The van der Waals surface area contributed by atoms with Gasteiger partial charge in [0.1, 0.15) is 30.1 Å². The van der Waals surface area contributed by atoms with E-state index in [1.165, 1.54) is 27.2 Å². The number of halogens is 1. The normalized spacial score (nSPS) is 37.3. The van der Waals surface area contributed by atoms with Crippen molar-refractivity contribution in [3.05, 3.63) is 34.3 Å². The molecule has 0 saturated heterocycles. The minimum Gasteiger partial charge on any atom is -0.461 e. The summed E-state index contributed by atoms with van der Waals surface area (Å²) in [6.45, 7) is 6.58. The molecule has 35 heavy (non-hydrogen) atoms. The van der Waals surface area contributed by atoms with Crippen LogP contribution < -0.4 is 0 Å². The van der Waals surface area contributed by atoms with E-state index in [1.807, 2.05) is 13.8 Å². The van der Waals surface area contributed by atoms with Crippen molar-refractivity contribution < 1.29 is 42.5 Å². The molecule has 3 aliphatic carbocycles. The fourth-order valence-corrected chi connectivity index (χ4v) is 7.91. The maximum Gasteiger partial charge on any atom is 0.342 e. The first-order valence-corrected chi connectivity index (χ1v) is 12.5. The molecular weight excluding hydrogens is 524 g/mol. The molecule has 10 heteroatoms. The average Bonchev–Trinajstić information content (AvgIpc) is 3.31. The van der Waals surface area contributed by atoms with Gasteiger partial charge in [-0.25, -0.2) is 4.79 Å². The number of cyclic esters (lactones) is 1. The van der Waals surface area contributed by atoms with Crippen molar-refractivity contribution in [1.82, 2.24) is 0 Å². The molecule has 0 N–H and O–H groups in total. The number of furan rings is 1. The predicted molar refractivity (Wildman–Crippen MR) is 123 cm³/mol. The number of hydrogen-bond donors (Lipinski definition) is 0. The van der Waals surface area contributed by atoms with Crippen molar-refractivity contribution in [1.29, 1.82) is 0 Å². The molecule has 188 valence electrons. The van der Waals surface area contributed by atoms with Crippen molar-refractivity contribution in [2.24, 2.45) is 11.3 Å². The summed E-state index contributed by atoms with van der Waals surface area (Å²) in [7, 11) is 1.50. The Kier molecular flexibility index (Phi) is 5.56. The molecule has 2 heterocycles. The lowest BCUT2D eigenvalue weighted by atomic mass is 9.54. The van der Waals surface area contributed by atoms with Crippen LogP contribution in [0.4, 0.5) is 0 Å². The smallest absolute Gasteiger partial charge is 0.342 e. The van der Waals surface area contributed by atoms with Crippen LogP contribution in [0.3, 0.4) is 0 Å². The molecule has 0 bridgehead atoms. The minimum absolute atomic E-state index is 0.0726. The fourth-order valence-electron chi connectivity index (χ4n) is 6.83. The predicted octanol–water partition coefficient (Wildman–Crippen LogP) is 3.27. The van der Waals surface area contributed by atoms with Gasteiger partial charge in [0.2, 0.25) is 5.78 Å². The van der Waals surface area contributed by atoms with Gasteiger partial charge in [-0.3, -0.25) is 14.4 Å². The maximum atomic E-state index is 14.0. The Morgan fingerprint density at radius 3 is 2.49 bits per heavy atom. The Balaban J connectivity index is 1.78. The van der Waals surface area contributed by atoms with Gasteiger partial charge in [-0.2, -0.15) is 0 Å². The zero-order valence-electron chi connectivity index (χ0n) is 20.1. The summed E-state index contributed by atoms with van der Waals surface area (Å²) in [4.78, 5) is 50.8. The van der Waals surface area contributed by atoms with Gasteiger partial charge in [0.25, 0.3) is 0 Å². The number of rotatable bonds is 4. The number of allylic oxidation sites excluding steroid dienone is 1. The highest BCUT2D eigenvalue weighted by molar-refractivity contribution is 9.09. The SMILES string of the molecule is COC[C@H]1OC(=O)c2coc3c2[C@@]1(C)C1=C(C3=O)[C@@H]2C[C@@H](Br)C(OC(C)=O)[C@@]2(C)C[C@H]1OC(C)=O. The van der Waals surface area contributed by atoms with Crippen LogP contribution in [-0.4, -0.2) is 60.5 Å². The number of ketones is 1. The highest BCUT2D eigenvalue weighted by atomic mass is 79.9. The van der Waals surface area contributed by atoms with E-state index in [0.29, 0.717) is 29.6 Å². The van der Waals surface area contributed by atoms with Crippen molar-refractivity contribution in [3.63, 3.8) is 0 Å². The van der Waals surface area contributed by atoms with Crippen LogP contribution in [0.5, 0.6) is 0 Å². The first-order valence-electron chi connectivity index (χ1n) is 11.5. The Labute approximate surface area is 210 Å². The quantitative estimate of drug-likeness (QED) is 0.316. The van der Waals surface area contributed by atoms with Gasteiger partial charge >= 0.3 is 17.9 Å². The summed E-state index contributed by atoms with van der Waals surface area (Å²) in [5.41, 5.74) is -0.00227. The van der Waals surface area contributed by atoms with E-state index in [-0.39, 0.29) is 34.5 Å². The van der Waals surface area contributed by atoms with Gasteiger partial charge in [-0.05, 0) is 31.3 Å². The maximum absolute atomic E-state index is 14.0. The molecule has 5 rings (SSSR count). The highest BCUT2D eigenvalue weighted by Gasteiger charge is 2.66. The molecule has 0 aromatic carbocycles. The molecule has 1 aliphatic heterocycles. The number of alkyl halides is 1. The third-order valence-corrected chi connectivity index (χ3v) is 9.03. The number of carbonyl (C=O) groups excluding carboxylic acids is 4. The molecule has 1 aromatic heterocycles. The van der Waals surface area contributed by atoms with Gasteiger partial charge in [0, 0.05) is 37.5 Å². The minimum atomic E-state index is -1.02. The van der Waals surface area contributed by atoms with Crippen LogP contribution in [0.2, 0.25) is 0 Å². The Bertz CT molecular complexity index is 1180. The number of carbonyl (C=O) groups is 4. The van der Waals surface area contributed by atoms with Crippen LogP contribution in [0.25, 0.3) is 0 Å². The van der Waals surface area contributed by atoms with Gasteiger partial charge in [-0.1, -0.05) is 22.9 Å². The second-order valence-corrected chi connectivity index (χ2v) is 11.4. The molecule has 1 aromatic rings. The molecule has 4 aliphatic rings. The molecule has 7 atom stereocenters. The molecule has 1 fully saturated rings. The first-order chi connectivity index (χ1) is 16.4. The summed E-state index contributed by atoms with van der Waals surface area (Å²) in [6, 6.07) is 0. The summed E-state index contributed by atoms with van der Waals surface area (Å²) < 4.78 is 28.5. The van der Waals surface area contributed by atoms with Gasteiger partial charge in [-0.15, -0.1) is 0 Å². The second kappa shape index (κ2) is 8.03. The van der Waals surface area contributed by atoms with E-state index in [9.17, 15) is 19.2 Å². The van der Waals surface area contributed by atoms with Crippen molar-refractivity contribution in [2.45, 2.75) is 69.1 Å². The van der Waals surface area contributed by atoms with Crippen molar-refractivity contribution >= 4 is 39.6 Å². The number of hydrogen-bond acceptors (Lipinski definition) is 9. The number of methoxy groups -OCH3 is 1. The van der Waals surface area contributed by atoms with E-state index < -0.39 is 47.0 Å². The highest BCUT2D eigenvalue weighted by Crippen LogP contribution is 2.63. The zero-order chi connectivity index (χ0) is 25.4. The van der Waals surface area contributed by atoms with Crippen molar-refractivity contribution in [3.8, 4) is 0 Å². The second-order valence-electron chi connectivity index (χ2n) is 10.2. The van der Waals surface area contributed by atoms with Crippen LogP contribution in [-0.2, 0) is 34.0 Å². The lowest BCUT2D eigenvalue weighted by molar-refractivity contribution is -0.158. The lowest BCUT2D eigenvalue weighted by Gasteiger charge is -2.52. The molecule has 1 saturated carbocycles. The summed E-state index contributed by atoms with van der Waals surface area (Å²) in [6.07, 6.45) is 0.00352. The molecular formula is C25H27BrO9. The Morgan fingerprint density at radius 1 is 1.17 bits per heavy atom. The van der Waals surface area contributed by atoms with Gasteiger partial charge < -0.3 is 23.4 Å². The first kappa shape index (κ1) is 24.2. The molecule has 1 unspecified atom stereocenters. The number of esters is 3. The van der Waals surface area contributed by atoms with Crippen LogP contribution in [0.1, 0.15) is 67.0 Å². The number of Topliss-reactive ketones (excluding diaryl/α,β-unsaturated/α-hetero) is 1. The number of fused-ring (bicyclic) bond motifs is 3. The Morgan fingerprint density at radius 2 is 1.86 bits per heavy atom. The topological polar surface area (TPSA) is 118 Å². The lowest BCUT2D eigenvalue weighted by Crippen LogP contribution is -2.58. The molecule has 0 radical (unpaired) electrons. The average molecular weight is 551 g/mol. The standard InChI is InChI=1S/C25H27BrO9/c1-10(27)33-15-7-24(3)13(6-14(26)22(24)34-11(2)28)17-19(15)25(4)16(9-31-5)35-23(30)12-8-32-21(18(12)25)20(17)29/h8,13-16,22H,6-7,9H2,1-5H3/t13-,14+,15+,16+,22?,24-,25-/m0/s1. The van der Waals surface area contributed by atoms with E-state index in [4.69, 9.17) is 23.4 Å². The van der Waals surface area contributed by atoms with Gasteiger partial charge in [0.15, 0.2) is 5.76 Å². The van der Waals surface area contributed by atoms with Crippen LogP contribution in [0, 0.1) is 11.3 Å². The Hall–Kier alpha value is -2.46. The summed E-state index contributed by atoms with van der Waals surface area (Å²) >= 11 is 3.67. The summed E-state index contributed by atoms with van der Waals surface area (Å²) in [5, 5.41) is 0. The third-order valence-electron chi connectivity index (χ3n) is 8.17. The van der Waals surface area contributed by atoms with E-state index in [1.54, 1.807) is 0 Å². The number of ether oxygens (including phenoxy) is 4.